The number of H-pyrrole nitrogens is 1. The first-order chi connectivity index (χ1) is 5.18. The molecule has 1 aromatic heterocycles. The van der Waals surface area contributed by atoms with E-state index in [4.69, 9.17) is 5.41 Å². The second-order valence-corrected chi connectivity index (χ2v) is 2.47. The van der Waals surface area contributed by atoms with Crippen LogP contribution in [0.1, 0.15) is 18.4 Å². The van der Waals surface area contributed by atoms with Crippen molar-refractivity contribution < 1.29 is 0 Å². The minimum atomic E-state index is 0.527. The third-order valence-corrected chi connectivity index (χ3v) is 1.21. The van der Waals surface area contributed by atoms with Gasteiger partial charge in [0.25, 0.3) is 0 Å². The summed E-state index contributed by atoms with van der Waals surface area (Å²) in [6, 6.07) is 0. The van der Waals surface area contributed by atoms with Crippen molar-refractivity contribution in [1.29, 1.82) is 5.41 Å². The summed E-state index contributed by atoms with van der Waals surface area (Å²) in [4.78, 5) is 7.09. The Morgan fingerprint density at radius 3 is 2.91 bits per heavy atom. The monoisotopic (exact) mass is 149 g/mol. The number of aromatic amines is 1. The van der Waals surface area contributed by atoms with Crippen LogP contribution in [0.5, 0.6) is 0 Å². The third kappa shape index (κ3) is 2.37. The summed E-state index contributed by atoms with van der Waals surface area (Å²) >= 11 is 0. The molecule has 0 unspecified atom stereocenters. The molecule has 0 saturated heterocycles. The third-order valence-electron chi connectivity index (χ3n) is 1.21. The first-order valence-corrected chi connectivity index (χ1v) is 3.43. The molecule has 0 fully saturated rings. The lowest BCUT2D eigenvalue weighted by molar-refractivity contribution is 1.22. The van der Waals surface area contributed by atoms with Gasteiger partial charge in [0.2, 0.25) is 0 Å². The van der Waals surface area contributed by atoms with Crippen LogP contribution in [0.3, 0.4) is 0 Å². The van der Waals surface area contributed by atoms with Crippen LogP contribution in [-0.4, -0.2) is 15.7 Å². The molecular formula is C8H11N3. The lowest BCUT2D eigenvalue weighted by Crippen LogP contribution is -1.80. The van der Waals surface area contributed by atoms with Crippen LogP contribution >= 0.6 is 0 Å². The summed E-state index contributed by atoms with van der Waals surface area (Å²) < 4.78 is 0. The maximum Gasteiger partial charge on any atom is 0.130 e. The second-order valence-electron chi connectivity index (χ2n) is 2.47. The van der Waals surface area contributed by atoms with Crippen molar-refractivity contribution >= 4 is 11.8 Å². The van der Waals surface area contributed by atoms with E-state index in [9.17, 15) is 0 Å². The number of hydrogen-bond donors (Lipinski definition) is 2. The normalized spacial score (nSPS) is 10.7. The highest BCUT2D eigenvalue weighted by Crippen LogP contribution is 1.96. The molecule has 0 aliphatic rings. The van der Waals surface area contributed by atoms with Crippen molar-refractivity contribution in [3.05, 3.63) is 23.8 Å². The number of nitrogens with one attached hydrogen (secondary N) is 2. The van der Waals surface area contributed by atoms with E-state index < -0.39 is 0 Å². The number of allylic oxidation sites excluding steroid dienone is 1. The summed E-state index contributed by atoms with van der Waals surface area (Å²) in [5, 5.41) is 7.12. The molecule has 0 aliphatic heterocycles. The standard InChI is InChI=1S/C8H11N3/c1-6(9)3-4-8-10-5-7(2)11-8/h3-5,9H,1-2H3,(H,10,11)/b4-3+,9-6?. The van der Waals surface area contributed by atoms with Gasteiger partial charge in [-0.3, -0.25) is 0 Å². The van der Waals surface area contributed by atoms with Gasteiger partial charge in [-0.2, -0.15) is 0 Å². The van der Waals surface area contributed by atoms with Gasteiger partial charge in [-0.1, -0.05) is 0 Å². The summed E-state index contributed by atoms with van der Waals surface area (Å²) in [6.45, 7) is 3.67. The Morgan fingerprint density at radius 2 is 2.45 bits per heavy atom. The van der Waals surface area contributed by atoms with E-state index >= 15 is 0 Å². The molecule has 1 rings (SSSR count). The van der Waals surface area contributed by atoms with Gasteiger partial charge in [-0.25, -0.2) is 4.98 Å². The Labute approximate surface area is 65.7 Å². The Kier molecular flexibility index (Phi) is 2.21. The van der Waals surface area contributed by atoms with Crippen LogP contribution in [-0.2, 0) is 0 Å². The van der Waals surface area contributed by atoms with Crippen LogP contribution < -0.4 is 0 Å². The number of aryl methyl sites for hydroxylation is 1. The fraction of sp³-hybridized carbons (Fsp3) is 0.250. The summed E-state index contributed by atoms with van der Waals surface area (Å²) in [5.74, 6) is 0.800. The number of hydrogen-bond acceptors (Lipinski definition) is 2. The lowest BCUT2D eigenvalue weighted by Gasteiger charge is -1.83. The van der Waals surface area contributed by atoms with Gasteiger partial charge in [0.15, 0.2) is 0 Å². The summed E-state index contributed by atoms with van der Waals surface area (Å²) in [7, 11) is 0. The molecule has 0 bridgehead atoms. The van der Waals surface area contributed by atoms with Crippen LogP contribution in [0.2, 0.25) is 0 Å². The van der Waals surface area contributed by atoms with Crippen molar-refractivity contribution in [3.63, 3.8) is 0 Å². The lowest BCUT2D eigenvalue weighted by atomic mass is 10.4. The molecule has 0 amide bonds. The molecule has 2 N–H and O–H groups in total. The molecule has 0 spiro atoms. The largest absolute Gasteiger partial charge is 0.343 e. The van der Waals surface area contributed by atoms with Crippen LogP contribution in [0, 0.1) is 12.3 Å². The summed E-state index contributed by atoms with van der Waals surface area (Å²) in [5.41, 5.74) is 1.56. The van der Waals surface area contributed by atoms with Gasteiger partial charge in [0, 0.05) is 17.6 Å². The molecule has 0 saturated carbocycles. The minimum Gasteiger partial charge on any atom is -0.343 e. The molecule has 0 aromatic carbocycles. The topological polar surface area (TPSA) is 52.5 Å². The molecule has 0 atom stereocenters. The Morgan fingerprint density at radius 1 is 1.73 bits per heavy atom. The van der Waals surface area contributed by atoms with Crippen LogP contribution in [0.25, 0.3) is 6.08 Å². The molecule has 11 heavy (non-hydrogen) atoms. The molecular weight excluding hydrogens is 138 g/mol. The van der Waals surface area contributed by atoms with E-state index in [-0.39, 0.29) is 0 Å². The van der Waals surface area contributed by atoms with E-state index in [1.165, 1.54) is 0 Å². The van der Waals surface area contributed by atoms with Crippen molar-refractivity contribution in [2.45, 2.75) is 13.8 Å². The molecule has 3 nitrogen and oxygen atoms in total. The number of rotatable bonds is 2. The highest BCUT2D eigenvalue weighted by atomic mass is 14.9. The van der Waals surface area contributed by atoms with Crippen LogP contribution in [0.4, 0.5) is 0 Å². The molecule has 1 aromatic rings. The minimum absolute atomic E-state index is 0.527. The fourth-order valence-corrected chi connectivity index (χ4v) is 0.722. The van der Waals surface area contributed by atoms with Gasteiger partial charge in [-0.15, -0.1) is 0 Å². The average Bonchev–Trinajstić information content (AvgIpc) is 2.31. The van der Waals surface area contributed by atoms with Gasteiger partial charge in [-0.05, 0) is 26.0 Å². The smallest absolute Gasteiger partial charge is 0.130 e. The molecule has 1 heterocycles. The maximum absolute atomic E-state index is 7.12. The summed E-state index contributed by atoms with van der Waals surface area (Å²) in [6.07, 6.45) is 5.26. The molecule has 0 aliphatic carbocycles. The van der Waals surface area contributed by atoms with Gasteiger partial charge in [0.1, 0.15) is 5.82 Å². The SMILES string of the molecule is CC(=N)/C=C/c1ncc(C)[nH]1. The first kappa shape index (κ1) is 7.72. The first-order valence-electron chi connectivity index (χ1n) is 3.43. The maximum atomic E-state index is 7.12. The Bertz CT molecular complexity index is 283. The number of aromatic nitrogens is 2. The molecule has 3 heteroatoms. The molecule has 58 valence electrons. The van der Waals surface area contributed by atoms with Crippen molar-refractivity contribution in [3.8, 4) is 0 Å². The van der Waals surface area contributed by atoms with Crippen LogP contribution in [0.15, 0.2) is 12.3 Å². The Balaban J connectivity index is 2.71. The van der Waals surface area contributed by atoms with Gasteiger partial charge >= 0.3 is 0 Å². The Hall–Kier alpha value is -1.38. The number of nitrogens with zero attached hydrogens (tertiary/aromatic N) is 1. The zero-order chi connectivity index (χ0) is 8.27. The van der Waals surface area contributed by atoms with E-state index in [0.29, 0.717) is 5.71 Å². The predicted molar refractivity (Wildman–Crippen MR) is 45.8 cm³/mol. The van der Waals surface area contributed by atoms with Crippen molar-refractivity contribution in [2.75, 3.05) is 0 Å². The van der Waals surface area contributed by atoms with E-state index in [1.54, 1.807) is 25.3 Å². The highest BCUT2D eigenvalue weighted by molar-refractivity contribution is 5.93. The fourth-order valence-electron chi connectivity index (χ4n) is 0.722. The van der Waals surface area contributed by atoms with E-state index in [2.05, 4.69) is 9.97 Å². The van der Waals surface area contributed by atoms with Crippen molar-refractivity contribution in [2.24, 2.45) is 0 Å². The van der Waals surface area contributed by atoms with Gasteiger partial charge < -0.3 is 10.4 Å². The van der Waals surface area contributed by atoms with E-state index in [1.807, 2.05) is 6.92 Å². The van der Waals surface area contributed by atoms with Crippen molar-refractivity contribution in [1.82, 2.24) is 9.97 Å². The average molecular weight is 149 g/mol. The van der Waals surface area contributed by atoms with Gasteiger partial charge in [0.05, 0.1) is 0 Å². The highest BCUT2D eigenvalue weighted by Gasteiger charge is 1.89. The predicted octanol–water partition coefficient (Wildman–Crippen LogP) is 1.77. The number of imidazole rings is 1. The second kappa shape index (κ2) is 3.14. The molecule has 0 radical (unpaired) electrons. The van der Waals surface area contributed by atoms with E-state index in [0.717, 1.165) is 11.5 Å². The quantitative estimate of drug-likeness (QED) is 0.618. The zero-order valence-electron chi connectivity index (χ0n) is 6.68. The zero-order valence-corrected chi connectivity index (χ0v) is 6.68.